The summed E-state index contributed by atoms with van der Waals surface area (Å²) in [7, 11) is 0. The Morgan fingerprint density at radius 2 is 1.40 bits per heavy atom. The Bertz CT molecular complexity index is 747. The lowest BCUT2D eigenvalue weighted by Gasteiger charge is -2.57. The maximum Gasteiger partial charge on any atom is 0.251 e. The third kappa shape index (κ3) is 3.40. The van der Waals surface area contributed by atoms with Crippen LogP contribution in [0.25, 0.3) is 11.1 Å². The Hall–Kier alpha value is -2.33. The molecule has 4 N–H and O–H groups in total. The second kappa shape index (κ2) is 6.19. The van der Waals surface area contributed by atoms with Gasteiger partial charge in [0.25, 0.3) is 5.91 Å². The van der Waals surface area contributed by atoms with E-state index in [0.29, 0.717) is 5.56 Å². The average Bonchev–Trinajstić information content (AvgIpc) is 2.58. The summed E-state index contributed by atoms with van der Waals surface area (Å²) in [6.07, 6.45) is 1.12. The predicted octanol–water partition coefficient (Wildman–Crippen LogP) is 4.19. The number of carbonyl (C=O) groups excluding carboxylic acids is 1. The first-order valence-corrected chi connectivity index (χ1v) is 8.71. The fourth-order valence-electron chi connectivity index (χ4n) is 4.48. The van der Waals surface area contributed by atoms with Crippen molar-refractivity contribution in [3.63, 3.8) is 0 Å². The average molecular weight is 337 g/mol. The SMILES string of the molecule is CC1(C)CC(C)(C)C1NC(=O)c1ccc(-c2ccc(NN)cc2)cc1. The molecule has 2 aromatic carbocycles. The standard InChI is InChI=1S/C21H27N3O/c1-20(2)13-21(3,4)19(20)23-18(25)16-7-5-14(6-8-16)15-9-11-17(24-22)12-10-15/h5-12,19,24H,13,22H2,1-4H3,(H,23,25). The monoisotopic (exact) mass is 337 g/mol. The molecule has 0 unspecified atom stereocenters. The van der Waals surface area contributed by atoms with Crippen LogP contribution in [0.1, 0.15) is 44.5 Å². The lowest BCUT2D eigenvalue weighted by Crippen LogP contribution is -2.63. The van der Waals surface area contributed by atoms with Crippen LogP contribution >= 0.6 is 0 Å². The zero-order chi connectivity index (χ0) is 18.2. The highest BCUT2D eigenvalue weighted by Crippen LogP contribution is 2.53. The highest BCUT2D eigenvalue weighted by molar-refractivity contribution is 5.95. The summed E-state index contributed by atoms with van der Waals surface area (Å²) in [6, 6.07) is 15.8. The quantitative estimate of drug-likeness (QED) is 0.579. The van der Waals surface area contributed by atoms with Crippen molar-refractivity contribution in [2.24, 2.45) is 16.7 Å². The van der Waals surface area contributed by atoms with E-state index < -0.39 is 0 Å². The van der Waals surface area contributed by atoms with Gasteiger partial charge in [-0.2, -0.15) is 0 Å². The van der Waals surface area contributed by atoms with E-state index in [1.54, 1.807) is 0 Å². The third-order valence-electron chi connectivity index (χ3n) is 5.28. The van der Waals surface area contributed by atoms with Gasteiger partial charge < -0.3 is 10.7 Å². The van der Waals surface area contributed by atoms with E-state index in [4.69, 9.17) is 5.84 Å². The maximum atomic E-state index is 12.6. The molecule has 0 bridgehead atoms. The Labute approximate surface area is 149 Å². The summed E-state index contributed by atoms with van der Waals surface area (Å²) in [4.78, 5) is 12.6. The van der Waals surface area contributed by atoms with E-state index in [2.05, 4.69) is 38.4 Å². The summed E-state index contributed by atoms with van der Waals surface area (Å²) in [5, 5.41) is 3.23. The molecule has 25 heavy (non-hydrogen) atoms. The molecule has 3 rings (SSSR count). The second-order valence-electron chi connectivity index (χ2n) is 8.36. The van der Waals surface area contributed by atoms with Crippen LogP contribution in [0.4, 0.5) is 5.69 Å². The molecule has 0 spiro atoms. The van der Waals surface area contributed by atoms with Gasteiger partial charge in [-0.1, -0.05) is 52.0 Å². The largest absolute Gasteiger partial charge is 0.348 e. The van der Waals surface area contributed by atoms with Gasteiger partial charge in [0.1, 0.15) is 0 Å². The molecule has 0 aliphatic heterocycles. The van der Waals surface area contributed by atoms with Crippen LogP contribution in [-0.2, 0) is 0 Å². The lowest BCUT2D eigenvalue weighted by atomic mass is 9.52. The van der Waals surface area contributed by atoms with Gasteiger partial charge in [-0.3, -0.25) is 10.6 Å². The summed E-state index contributed by atoms with van der Waals surface area (Å²) < 4.78 is 0. The van der Waals surface area contributed by atoms with Crippen LogP contribution in [0, 0.1) is 10.8 Å². The van der Waals surface area contributed by atoms with Gasteiger partial charge in [-0.25, -0.2) is 0 Å². The number of hydrogen-bond acceptors (Lipinski definition) is 3. The number of amides is 1. The predicted molar refractivity (Wildman–Crippen MR) is 103 cm³/mol. The first kappa shape index (κ1) is 17.5. The molecule has 2 aromatic rings. The fourth-order valence-corrected chi connectivity index (χ4v) is 4.48. The molecule has 1 saturated carbocycles. The van der Waals surface area contributed by atoms with E-state index in [1.807, 2.05) is 48.5 Å². The topological polar surface area (TPSA) is 67.2 Å². The van der Waals surface area contributed by atoms with Crippen molar-refractivity contribution in [3.8, 4) is 11.1 Å². The molecule has 0 aromatic heterocycles. The van der Waals surface area contributed by atoms with Crippen LogP contribution in [0.3, 0.4) is 0 Å². The minimum Gasteiger partial charge on any atom is -0.348 e. The van der Waals surface area contributed by atoms with Crippen LogP contribution in [0.15, 0.2) is 48.5 Å². The van der Waals surface area contributed by atoms with Crippen LogP contribution in [-0.4, -0.2) is 11.9 Å². The van der Waals surface area contributed by atoms with Crippen molar-refractivity contribution in [3.05, 3.63) is 54.1 Å². The highest BCUT2D eigenvalue weighted by atomic mass is 16.1. The lowest BCUT2D eigenvalue weighted by molar-refractivity contribution is -0.0366. The van der Waals surface area contributed by atoms with Gasteiger partial charge in [-0.05, 0) is 52.6 Å². The summed E-state index contributed by atoms with van der Waals surface area (Å²) in [5.74, 6) is 5.39. The molecule has 4 heteroatoms. The number of rotatable bonds is 4. The van der Waals surface area contributed by atoms with Crippen molar-refractivity contribution in [1.29, 1.82) is 0 Å². The smallest absolute Gasteiger partial charge is 0.251 e. The van der Waals surface area contributed by atoms with Crippen molar-refractivity contribution in [1.82, 2.24) is 5.32 Å². The number of nitrogens with two attached hydrogens (primary N) is 1. The molecule has 132 valence electrons. The van der Waals surface area contributed by atoms with Gasteiger partial charge in [0.15, 0.2) is 0 Å². The number of carbonyl (C=O) groups is 1. The van der Waals surface area contributed by atoms with Gasteiger partial charge in [0.05, 0.1) is 0 Å². The number of anilines is 1. The second-order valence-corrected chi connectivity index (χ2v) is 8.36. The van der Waals surface area contributed by atoms with Crippen LogP contribution in [0.2, 0.25) is 0 Å². The Morgan fingerprint density at radius 1 is 0.920 bits per heavy atom. The zero-order valence-corrected chi connectivity index (χ0v) is 15.4. The van der Waals surface area contributed by atoms with E-state index in [0.717, 1.165) is 23.2 Å². The van der Waals surface area contributed by atoms with Crippen molar-refractivity contribution in [2.75, 3.05) is 5.43 Å². The highest BCUT2D eigenvalue weighted by Gasteiger charge is 2.53. The minimum atomic E-state index is 0.0000738. The number of benzene rings is 2. The third-order valence-corrected chi connectivity index (χ3v) is 5.28. The summed E-state index contributed by atoms with van der Waals surface area (Å²) >= 11 is 0. The number of nitrogen functional groups attached to an aromatic ring is 1. The van der Waals surface area contributed by atoms with E-state index in [1.165, 1.54) is 0 Å². The minimum absolute atomic E-state index is 0.0000738. The number of nitrogens with one attached hydrogen (secondary N) is 2. The zero-order valence-electron chi connectivity index (χ0n) is 15.4. The molecule has 1 aliphatic rings. The Balaban J connectivity index is 1.72. The Morgan fingerprint density at radius 3 is 1.84 bits per heavy atom. The van der Waals surface area contributed by atoms with Crippen LogP contribution < -0.4 is 16.6 Å². The number of hydrazine groups is 1. The van der Waals surface area contributed by atoms with Crippen molar-refractivity contribution < 1.29 is 4.79 Å². The van der Waals surface area contributed by atoms with Gasteiger partial charge in [-0.15, -0.1) is 0 Å². The molecule has 1 fully saturated rings. The van der Waals surface area contributed by atoms with Gasteiger partial charge in [0.2, 0.25) is 0 Å². The molecular weight excluding hydrogens is 310 g/mol. The van der Waals surface area contributed by atoms with E-state index >= 15 is 0 Å². The van der Waals surface area contributed by atoms with E-state index in [-0.39, 0.29) is 22.8 Å². The molecule has 0 heterocycles. The molecule has 4 nitrogen and oxygen atoms in total. The Kier molecular flexibility index (Phi) is 4.33. The van der Waals surface area contributed by atoms with Gasteiger partial charge in [0, 0.05) is 17.3 Å². The normalized spacial score (nSPS) is 18.3. The first-order valence-electron chi connectivity index (χ1n) is 8.71. The summed E-state index contributed by atoms with van der Waals surface area (Å²) in [5.41, 5.74) is 6.65. The summed E-state index contributed by atoms with van der Waals surface area (Å²) in [6.45, 7) is 8.86. The first-order chi connectivity index (χ1) is 11.7. The van der Waals surface area contributed by atoms with Crippen LogP contribution in [0.5, 0.6) is 0 Å². The number of hydrogen-bond donors (Lipinski definition) is 3. The maximum absolute atomic E-state index is 12.6. The van der Waals surface area contributed by atoms with E-state index in [9.17, 15) is 4.79 Å². The molecule has 0 saturated heterocycles. The molecule has 1 aliphatic carbocycles. The molecule has 0 atom stereocenters. The van der Waals surface area contributed by atoms with Crippen molar-refractivity contribution in [2.45, 2.75) is 40.2 Å². The molecule has 0 radical (unpaired) electrons. The molecule has 1 amide bonds. The molecular formula is C21H27N3O. The van der Waals surface area contributed by atoms with Crippen molar-refractivity contribution >= 4 is 11.6 Å². The fraction of sp³-hybridized carbons (Fsp3) is 0.381. The van der Waals surface area contributed by atoms with Gasteiger partial charge >= 0.3 is 0 Å².